The molecule has 6 nitrogen and oxygen atoms in total. The predicted octanol–water partition coefficient (Wildman–Crippen LogP) is 10.3. The quantitative estimate of drug-likeness (QED) is 0.0466. The second-order valence-electron chi connectivity index (χ2n) is 13.1. The molecule has 0 saturated heterocycles. The van der Waals surface area contributed by atoms with Gasteiger partial charge in [0.05, 0.1) is 0 Å². The maximum absolute atomic E-state index is 12.5. The molecule has 6 heteroatoms. The molecule has 0 N–H and O–H groups in total. The molecule has 1 atom stereocenters. The standard InChI is InChI=1S/C36H68O6/c1-6-7-8-14-21-26-34(37)40-29-33(30-41-35(38)27-22-17-13-12-16-20-25-32(4)5)42-36(39)28-23-18-11-9-10-15-19-24-31(2)3/h31-33H,6-30H2,1-5H3/t33-/m1/s1. The second-order valence-corrected chi connectivity index (χ2v) is 13.1. The first kappa shape index (κ1) is 40.4. The molecule has 0 amide bonds. The first-order chi connectivity index (χ1) is 20.2. The second kappa shape index (κ2) is 29.5. The minimum Gasteiger partial charge on any atom is -0.462 e. The summed E-state index contributed by atoms with van der Waals surface area (Å²) in [5.74, 6) is 0.649. The van der Waals surface area contributed by atoms with Crippen LogP contribution in [-0.4, -0.2) is 37.2 Å². The van der Waals surface area contributed by atoms with Crippen molar-refractivity contribution in [2.75, 3.05) is 13.2 Å². The van der Waals surface area contributed by atoms with E-state index in [4.69, 9.17) is 14.2 Å². The van der Waals surface area contributed by atoms with Gasteiger partial charge in [0.25, 0.3) is 0 Å². The van der Waals surface area contributed by atoms with E-state index < -0.39 is 6.10 Å². The summed E-state index contributed by atoms with van der Waals surface area (Å²) in [5.41, 5.74) is 0. The van der Waals surface area contributed by atoms with Crippen LogP contribution in [0.4, 0.5) is 0 Å². The van der Waals surface area contributed by atoms with Crippen LogP contribution in [0.2, 0.25) is 0 Å². The molecular weight excluding hydrogens is 528 g/mol. The van der Waals surface area contributed by atoms with Crippen LogP contribution in [0.15, 0.2) is 0 Å². The Morgan fingerprint density at radius 1 is 0.452 bits per heavy atom. The van der Waals surface area contributed by atoms with Gasteiger partial charge in [-0.25, -0.2) is 0 Å². The van der Waals surface area contributed by atoms with Gasteiger partial charge >= 0.3 is 17.9 Å². The third kappa shape index (κ3) is 29.9. The Balaban J connectivity index is 4.33. The van der Waals surface area contributed by atoms with Crippen molar-refractivity contribution >= 4 is 17.9 Å². The maximum Gasteiger partial charge on any atom is 0.306 e. The van der Waals surface area contributed by atoms with Crippen LogP contribution in [0.5, 0.6) is 0 Å². The van der Waals surface area contributed by atoms with Crippen molar-refractivity contribution in [3.63, 3.8) is 0 Å². The van der Waals surface area contributed by atoms with E-state index in [-0.39, 0.29) is 31.1 Å². The van der Waals surface area contributed by atoms with E-state index in [1.807, 2.05) is 0 Å². The summed E-state index contributed by atoms with van der Waals surface area (Å²) in [7, 11) is 0. The molecule has 0 fully saturated rings. The average Bonchev–Trinajstić information content (AvgIpc) is 2.94. The first-order valence-electron chi connectivity index (χ1n) is 17.7. The normalized spacial score (nSPS) is 12.1. The van der Waals surface area contributed by atoms with Gasteiger partial charge in [-0.15, -0.1) is 0 Å². The largest absolute Gasteiger partial charge is 0.462 e. The maximum atomic E-state index is 12.5. The highest BCUT2D eigenvalue weighted by Crippen LogP contribution is 2.14. The summed E-state index contributed by atoms with van der Waals surface area (Å²) >= 11 is 0. The number of esters is 3. The highest BCUT2D eigenvalue weighted by Gasteiger charge is 2.19. The third-order valence-corrected chi connectivity index (χ3v) is 7.72. The molecule has 0 aliphatic carbocycles. The predicted molar refractivity (Wildman–Crippen MR) is 173 cm³/mol. The number of rotatable bonds is 30. The summed E-state index contributed by atoms with van der Waals surface area (Å²) in [4.78, 5) is 37.0. The van der Waals surface area contributed by atoms with Gasteiger partial charge in [0, 0.05) is 19.3 Å². The molecule has 0 bridgehead atoms. The van der Waals surface area contributed by atoms with Gasteiger partial charge in [-0.1, -0.05) is 144 Å². The van der Waals surface area contributed by atoms with Gasteiger partial charge in [0.15, 0.2) is 6.10 Å². The van der Waals surface area contributed by atoms with E-state index in [0.717, 1.165) is 76.0 Å². The molecule has 0 aliphatic heterocycles. The number of carbonyl (C=O) groups excluding carboxylic acids is 3. The van der Waals surface area contributed by atoms with Crippen LogP contribution >= 0.6 is 0 Å². The minimum absolute atomic E-state index is 0.0695. The van der Waals surface area contributed by atoms with Gasteiger partial charge in [-0.3, -0.25) is 14.4 Å². The molecular formula is C36H68O6. The SMILES string of the molecule is CCCCCCCC(=O)OC[C@H](COC(=O)CCCCCCCCC(C)C)OC(=O)CCCCCCCCCC(C)C. The smallest absolute Gasteiger partial charge is 0.306 e. The molecule has 0 radical (unpaired) electrons. The zero-order valence-electron chi connectivity index (χ0n) is 28.4. The van der Waals surface area contributed by atoms with E-state index >= 15 is 0 Å². The topological polar surface area (TPSA) is 78.9 Å². The van der Waals surface area contributed by atoms with Gasteiger partial charge in [0.2, 0.25) is 0 Å². The lowest BCUT2D eigenvalue weighted by molar-refractivity contribution is -0.167. The lowest BCUT2D eigenvalue weighted by Gasteiger charge is -2.18. The molecule has 0 spiro atoms. The van der Waals surface area contributed by atoms with Crippen molar-refractivity contribution in [1.82, 2.24) is 0 Å². The van der Waals surface area contributed by atoms with E-state index in [2.05, 4.69) is 34.6 Å². The van der Waals surface area contributed by atoms with E-state index in [9.17, 15) is 14.4 Å². The number of unbranched alkanes of at least 4 members (excludes halogenated alkanes) is 15. The Kier molecular flexibility index (Phi) is 28.4. The van der Waals surface area contributed by atoms with Crippen molar-refractivity contribution in [1.29, 1.82) is 0 Å². The van der Waals surface area contributed by atoms with Crippen LogP contribution in [0.25, 0.3) is 0 Å². The van der Waals surface area contributed by atoms with Gasteiger partial charge < -0.3 is 14.2 Å². The summed E-state index contributed by atoms with van der Waals surface area (Å²) in [5, 5.41) is 0. The van der Waals surface area contributed by atoms with Gasteiger partial charge in [-0.2, -0.15) is 0 Å². The number of hydrogen-bond acceptors (Lipinski definition) is 6. The Morgan fingerprint density at radius 2 is 0.786 bits per heavy atom. The van der Waals surface area contributed by atoms with Gasteiger partial charge in [-0.05, 0) is 31.1 Å². The third-order valence-electron chi connectivity index (χ3n) is 7.72. The number of ether oxygens (including phenoxy) is 3. The Bertz CT molecular complexity index is 645. The van der Waals surface area contributed by atoms with Crippen LogP contribution in [0.1, 0.15) is 182 Å². The minimum atomic E-state index is -0.757. The number of hydrogen-bond donors (Lipinski definition) is 0. The van der Waals surface area contributed by atoms with Crippen molar-refractivity contribution in [2.24, 2.45) is 11.8 Å². The molecule has 0 saturated carbocycles. The van der Waals surface area contributed by atoms with Crippen molar-refractivity contribution in [3.05, 3.63) is 0 Å². The molecule has 0 heterocycles. The van der Waals surface area contributed by atoms with E-state index in [0.29, 0.717) is 19.3 Å². The zero-order valence-corrected chi connectivity index (χ0v) is 28.4. The molecule has 0 aliphatic rings. The average molecular weight is 597 g/mol. The molecule has 42 heavy (non-hydrogen) atoms. The summed E-state index contributed by atoms with van der Waals surface area (Å²) in [6, 6.07) is 0. The van der Waals surface area contributed by atoms with Crippen LogP contribution < -0.4 is 0 Å². The van der Waals surface area contributed by atoms with E-state index in [1.165, 1.54) is 64.2 Å². The zero-order chi connectivity index (χ0) is 31.3. The van der Waals surface area contributed by atoms with Crippen molar-refractivity contribution in [2.45, 2.75) is 188 Å². The highest BCUT2D eigenvalue weighted by atomic mass is 16.6. The Labute approximate surface area is 259 Å². The molecule has 0 aromatic carbocycles. The lowest BCUT2D eigenvalue weighted by Crippen LogP contribution is -2.30. The summed E-state index contributed by atoms with van der Waals surface area (Å²) in [6.45, 7) is 11.1. The molecule has 0 unspecified atom stereocenters. The molecule has 0 aromatic rings. The fourth-order valence-electron chi connectivity index (χ4n) is 4.98. The highest BCUT2D eigenvalue weighted by molar-refractivity contribution is 5.71. The summed E-state index contributed by atoms with van der Waals surface area (Å²) < 4.78 is 16.4. The van der Waals surface area contributed by atoms with Gasteiger partial charge in [0.1, 0.15) is 13.2 Å². The molecule has 248 valence electrons. The molecule has 0 rings (SSSR count). The van der Waals surface area contributed by atoms with Crippen molar-refractivity contribution < 1.29 is 28.6 Å². The van der Waals surface area contributed by atoms with Crippen molar-refractivity contribution in [3.8, 4) is 0 Å². The number of carbonyl (C=O) groups is 3. The fourth-order valence-corrected chi connectivity index (χ4v) is 4.98. The fraction of sp³-hybridized carbons (Fsp3) is 0.917. The van der Waals surface area contributed by atoms with Crippen LogP contribution in [0.3, 0.4) is 0 Å². The lowest BCUT2D eigenvalue weighted by atomic mass is 10.0. The molecule has 0 aromatic heterocycles. The van der Waals surface area contributed by atoms with Crippen LogP contribution in [0, 0.1) is 11.8 Å². The summed E-state index contributed by atoms with van der Waals surface area (Å²) in [6.07, 6.45) is 22.8. The van der Waals surface area contributed by atoms with E-state index in [1.54, 1.807) is 0 Å². The van der Waals surface area contributed by atoms with Crippen LogP contribution in [-0.2, 0) is 28.6 Å². The first-order valence-corrected chi connectivity index (χ1v) is 17.7. The monoisotopic (exact) mass is 597 g/mol. The Morgan fingerprint density at radius 3 is 1.17 bits per heavy atom. The Hall–Kier alpha value is -1.59.